The molecule has 4 spiro atoms. The third-order valence-electron chi connectivity index (χ3n) is 16.3. The van der Waals surface area contributed by atoms with Crippen molar-refractivity contribution in [3.05, 3.63) is 239 Å². The van der Waals surface area contributed by atoms with Crippen molar-refractivity contribution in [2.45, 2.75) is 73.0 Å². The molecule has 6 aliphatic rings. The van der Waals surface area contributed by atoms with Crippen molar-refractivity contribution in [3.63, 3.8) is 0 Å². The molecule has 8 aromatic rings. The van der Waals surface area contributed by atoms with Gasteiger partial charge in [0.2, 0.25) is 0 Å². The fourth-order valence-electron chi connectivity index (χ4n) is 14.3. The summed E-state index contributed by atoms with van der Waals surface area (Å²) in [5, 5.41) is 0. The highest BCUT2D eigenvalue weighted by atomic mass is 14.6. The predicted molar refractivity (Wildman–Crippen MR) is 248 cm³/mol. The van der Waals surface area contributed by atoms with Gasteiger partial charge in [-0.2, -0.15) is 0 Å². The molecule has 0 saturated heterocycles. The van der Waals surface area contributed by atoms with Gasteiger partial charge in [0.05, 0.1) is 0 Å². The highest BCUT2D eigenvalue weighted by molar-refractivity contribution is 5.86. The van der Waals surface area contributed by atoms with Crippen LogP contribution in [0.25, 0.3) is 44.5 Å². The van der Waals surface area contributed by atoms with E-state index < -0.39 is 0 Å². The van der Waals surface area contributed by atoms with Crippen LogP contribution in [0.4, 0.5) is 0 Å². The quantitative estimate of drug-likeness (QED) is 0.144. The van der Waals surface area contributed by atoms with Gasteiger partial charge in [0.1, 0.15) is 0 Å². The molecule has 0 N–H and O–H groups in total. The van der Waals surface area contributed by atoms with Gasteiger partial charge in [0.25, 0.3) is 0 Å². The van der Waals surface area contributed by atoms with Crippen LogP contribution in [0.5, 0.6) is 0 Å². The molecule has 2 saturated carbocycles. The van der Waals surface area contributed by atoms with Crippen LogP contribution >= 0.6 is 0 Å². The lowest BCUT2D eigenvalue weighted by Gasteiger charge is -2.47. The summed E-state index contributed by atoms with van der Waals surface area (Å²) < 4.78 is 0. The van der Waals surface area contributed by atoms with Crippen LogP contribution in [0, 0.1) is 0 Å². The van der Waals surface area contributed by atoms with Crippen LogP contribution in [-0.4, -0.2) is 0 Å². The molecule has 0 radical (unpaired) electrons. The molecule has 60 heavy (non-hydrogen) atoms. The Balaban J connectivity index is 0.000000123. The van der Waals surface area contributed by atoms with Crippen molar-refractivity contribution in [2.75, 3.05) is 0 Å². The molecule has 0 bridgehead atoms. The van der Waals surface area contributed by atoms with E-state index in [2.05, 4.69) is 194 Å². The Hall–Kier alpha value is -6.24. The third-order valence-corrected chi connectivity index (χ3v) is 16.3. The Bertz CT molecular complexity index is 2440. The van der Waals surface area contributed by atoms with E-state index in [0.717, 1.165) is 0 Å². The van der Waals surface area contributed by atoms with Gasteiger partial charge in [-0.25, -0.2) is 0 Å². The molecular formula is C60H48. The highest BCUT2D eigenvalue weighted by Crippen LogP contribution is 2.66. The normalized spacial score (nSPS) is 18.7. The number of hydrogen-bond donors (Lipinski definition) is 0. The monoisotopic (exact) mass is 768 g/mol. The van der Waals surface area contributed by atoms with Crippen LogP contribution in [0.2, 0.25) is 0 Å². The molecular weight excluding hydrogens is 721 g/mol. The zero-order chi connectivity index (χ0) is 39.5. The third kappa shape index (κ3) is 4.42. The van der Waals surface area contributed by atoms with E-state index in [1.165, 1.54) is 95.9 Å². The standard InChI is InChI=1S/2C30H24/c2*1-5-14-25-21(10-1)22-11-2-6-15-26(22)29(25)18-9-19-30(20-29)27-16-7-3-12-23(27)24-13-4-8-17-28(24)30/h2*1-8,10-17H,9,18-20H2. The minimum absolute atomic E-state index is 0.107. The smallest absolute Gasteiger partial charge is 0.0226 e. The number of hydrogen-bond acceptors (Lipinski definition) is 0. The van der Waals surface area contributed by atoms with Gasteiger partial charge in [-0.3, -0.25) is 0 Å². The molecule has 288 valence electrons. The molecule has 0 atom stereocenters. The maximum Gasteiger partial charge on any atom is 0.0226 e. The molecule has 0 nitrogen and oxygen atoms in total. The van der Waals surface area contributed by atoms with E-state index in [0.29, 0.717) is 0 Å². The van der Waals surface area contributed by atoms with Crippen molar-refractivity contribution in [1.82, 2.24) is 0 Å². The van der Waals surface area contributed by atoms with Gasteiger partial charge < -0.3 is 0 Å². The van der Waals surface area contributed by atoms with Crippen LogP contribution < -0.4 is 0 Å². The number of fused-ring (bicyclic) bond motifs is 20. The van der Waals surface area contributed by atoms with Crippen LogP contribution in [0.15, 0.2) is 194 Å². The van der Waals surface area contributed by atoms with Crippen molar-refractivity contribution in [3.8, 4) is 44.5 Å². The number of rotatable bonds is 0. The molecule has 8 aromatic carbocycles. The lowest BCUT2D eigenvalue weighted by atomic mass is 9.55. The van der Waals surface area contributed by atoms with Crippen LogP contribution in [-0.2, 0) is 21.7 Å². The summed E-state index contributed by atoms with van der Waals surface area (Å²) in [5.41, 5.74) is 24.4. The first-order valence-corrected chi connectivity index (χ1v) is 22.4. The zero-order valence-corrected chi connectivity index (χ0v) is 34.1. The minimum Gasteiger partial charge on any atom is -0.0619 e. The molecule has 0 aliphatic heterocycles. The molecule has 14 rings (SSSR count). The second-order valence-electron chi connectivity index (χ2n) is 18.8. The first-order chi connectivity index (χ1) is 29.7. The summed E-state index contributed by atoms with van der Waals surface area (Å²) >= 11 is 0. The Kier molecular flexibility index (Phi) is 7.29. The van der Waals surface area contributed by atoms with E-state index >= 15 is 0 Å². The molecule has 0 unspecified atom stereocenters. The molecule has 0 amide bonds. The van der Waals surface area contributed by atoms with Gasteiger partial charge in [-0.05, 0) is 128 Å². The van der Waals surface area contributed by atoms with Crippen molar-refractivity contribution in [1.29, 1.82) is 0 Å². The van der Waals surface area contributed by atoms with Gasteiger partial charge in [0, 0.05) is 21.7 Å². The molecule has 0 aromatic heterocycles. The first-order valence-electron chi connectivity index (χ1n) is 22.4. The van der Waals surface area contributed by atoms with Crippen molar-refractivity contribution >= 4 is 0 Å². The largest absolute Gasteiger partial charge is 0.0619 e. The van der Waals surface area contributed by atoms with Gasteiger partial charge in [0.15, 0.2) is 0 Å². The zero-order valence-electron chi connectivity index (χ0n) is 34.1. The Morgan fingerprint density at radius 2 is 0.350 bits per heavy atom. The van der Waals surface area contributed by atoms with E-state index in [1.807, 2.05) is 0 Å². The average Bonchev–Trinajstić information content (AvgIpc) is 3.94. The highest BCUT2D eigenvalue weighted by Gasteiger charge is 2.56. The average molecular weight is 769 g/mol. The topological polar surface area (TPSA) is 0 Å². The fourth-order valence-corrected chi connectivity index (χ4v) is 14.3. The maximum atomic E-state index is 2.40. The van der Waals surface area contributed by atoms with Crippen LogP contribution in [0.3, 0.4) is 0 Å². The summed E-state index contributed by atoms with van der Waals surface area (Å²) in [7, 11) is 0. The van der Waals surface area contributed by atoms with E-state index in [4.69, 9.17) is 0 Å². The molecule has 0 heterocycles. The predicted octanol–water partition coefficient (Wildman–Crippen LogP) is 15.0. The van der Waals surface area contributed by atoms with Crippen molar-refractivity contribution < 1.29 is 0 Å². The maximum absolute atomic E-state index is 2.40. The second kappa shape index (κ2) is 12.6. The Morgan fingerprint density at radius 3 is 0.517 bits per heavy atom. The summed E-state index contributed by atoms with van der Waals surface area (Å²) in [6.45, 7) is 0. The van der Waals surface area contributed by atoms with Crippen molar-refractivity contribution in [2.24, 2.45) is 0 Å². The molecule has 0 heteroatoms. The van der Waals surface area contributed by atoms with Crippen LogP contribution in [0.1, 0.15) is 95.9 Å². The first kappa shape index (κ1) is 34.6. The number of benzene rings is 8. The van der Waals surface area contributed by atoms with E-state index in [1.54, 1.807) is 44.5 Å². The molecule has 2 fully saturated rings. The second-order valence-corrected chi connectivity index (χ2v) is 18.8. The molecule has 6 aliphatic carbocycles. The lowest BCUT2D eigenvalue weighted by molar-refractivity contribution is 0.256. The summed E-state index contributed by atoms with van der Waals surface area (Å²) in [5.74, 6) is 0. The fraction of sp³-hybridized carbons (Fsp3) is 0.200. The summed E-state index contributed by atoms with van der Waals surface area (Å²) in [6, 6.07) is 73.4. The van der Waals surface area contributed by atoms with E-state index in [9.17, 15) is 0 Å². The van der Waals surface area contributed by atoms with Gasteiger partial charge in [-0.1, -0.05) is 207 Å². The SMILES string of the molecule is c1ccc2c(c1)-c1ccccc1C21CCCC2(C1)c1ccccc1-c1ccccc12.c1ccc2c(c1)-c1ccccc1C21CCCC2(C1)c1ccccc1-c1ccccc12. The Morgan fingerprint density at radius 1 is 0.200 bits per heavy atom. The van der Waals surface area contributed by atoms with Gasteiger partial charge >= 0.3 is 0 Å². The van der Waals surface area contributed by atoms with Gasteiger partial charge in [-0.15, -0.1) is 0 Å². The lowest BCUT2D eigenvalue weighted by Crippen LogP contribution is -2.41. The Labute approximate surface area is 354 Å². The summed E-state index contributed by atoms with van der Waals surface area (Å²) in [4.78, 5) is 0. The minimum atomic E-state index is 0.107. The summed E-state index contributed by atoms with van der Waals surface area (Å²) in [6.07, 6.45) is 9.82. The van der Waals surface area contributed by atoms with E-state index in [-0.39, 0.29) is 21.7 Å².